The number of nitrogens with zero attached hydrogens (tertiary/aromatic N) is 2. The molecule has 2 N–H and O–H groups in total. The van der Waals surface area contributed by atoms with Crippen LogP contribution in [0.25, 0.3) is 11.4 Å². The van der Waals surface area contributed by atoms with Gasteiger partial charge >= 0.3 is 0 Å². The average molecular weight is 370 g/mol. The van der Waals surface area contributed by atoms with Crippen molar-refractivity contribution in [2.45, 2.75) is 6.54 Å². The number of carbonyl (C=O) groups is 1. The molecule has 0 aliphatic carbocycles. The molecule has 26 heavy (non-hydrogen) atoms. The van der Waals surface area contributed by atoms with Gasteiger partial charge in [0, 0.05) is 17.3 Å². The van der Waals surface area contributed by atoms with Crippen molar-refractivity contribution in [2.75, 3.05) is 19.5 Å². The van der Waals surface area contributed by atoms with Gasteiger partial charge < -0.3 is 14.8 Å². The van der Waals surface area contributed by atoms with E-state index in [2.05, 4.69) is 15.5 Å². The molecule has 0 fully saturated rings. The van der Waals surface area contributed by atoms with Gasteiger partial charge in [0.25, 0.3) is 0 Å². The van der Waals surface area contributed by atoms with Crippen molar-refractivity contribution in [3.63, 3.8) is 0 Å². The fraction of sp³-hybridized carbons (Fsp3) is 0.167. The molecule has 3 rings (SSSR count). The Kier molecular flexibility index (Phi) is 5.33. The average Bonchev–Trinajstić information content (AvgIpc) is 3.02. The Morgan fingerprint density at radius 1 is 1.15 bits per heavy atom. The third-order valence-electron chi connectivity index (χ3n) is 3.76. The van der Waals surface area contributed by atoms with Gasteiger partial charge in [0.15, 0.2) is 10.6 Å². The van der Waals surface area contributed by atoms with Crippen molar-refractivity contribution in [2.24, 2.45) is 0 Å². The second kappa shape index (κ2) is 7.83. The first-order chi connectivity index (χ1) is 12.6. The van der Waals surface area contributed by atoms with Crippen molar-refractivity contribution in [3.8, 4) is 22.9 Å². The van der Waals surface area contributed by atoms with Gasteiger partial charge in [-0.15, -0.1) is 0 Å². The zero-order valence-electron chi connectivity index (χ0n) is 14.4. The molecule has 0 unspecified atom stereocenters. The Bertz CT molecular complexity index is 963. The predicted molar refractivity (Wildman–Crippen MR) is 101 cm³/mol. The van der Waals surface area contributed by atoms with Crippen molar-refractivity contribution < 1.29 is 14.3 Å². The first-order valence-electron chi connectivity index (χ1n) is 7.84. The molecule has 134 valence electrons. The number of nitrogens with one attached hydrogen (secondary N) is 2. The van der Waals surface area contributed by atoms with E-state index in [1.165, 1.54) is 0 Å². The molecule has 0 radical (unpaired) electrons. The van der Waals surface area contributed by atoms with E-state index in [9.17, 15) is 4.79 Å². The lowest BCUT2D eigenvalue weighted by atomic mass is 10.2. The van der Waals surface area contributed by atoms with Crippen LogP contribution in [0.4, 0.5) is 5.69 Å². The van der Waals surface area contributed by atoms with Crippen LogP contribution in [0, 0.1) is 4.77 Å². The molecule has 1 heterocycles. The molecule has 8 heteroatoms. The number of aromatic amines is 1. The minimum atomic E-state index is -0.217. The van der Waals surface area contributed by atoms with Gasteiger partial charge in [-0.1, -0.05) is 6.07 Å². The summed E-state index contributed by atoms with van der Waals surface area (Å²) in [7, 11) is 3.18. The van der Waals surface area contributed by atoms with Crippen LogP contribution in [0.1, 0.15) is 0 Å². The lowest BCUT2D eigenvalue weighted by molar-refractivity contribution is -0.116. The standard InChI is InChI=1S/C18H18N4O3S/c1-24-14-8-6-12(7-9-14)17-20-21-18(26)22(17)11-16(23)19-13-4-3-5-15(10-13)25-2/h3-10H,11H2,1-2H3,(H,19,23)(H,21,26). The highest BCUT2D eigenvalue weighted by atomic mass is 32.1. The van der Waals surface area contributed by atoms with E-state index in [0.29, 0.717) is 22.0 Å². The SMILES string of the molecule is COc1ccc(-c2n[nH]c(=S)n2CC(=O)Nc2cccc(OC)c2)cc1. The molecule has 7 nitrogen and oxygen atoms in total. The number of aromatic nitrogens is 3. The molecular formula is C18H18N4O3S. The number of benzene rings is 2. The molecule has 0 bridgehead atoms. The van der Waals surface area contributed by atoms with Gasteiger partial charge in [-0.2, -0.15) is 5.10 Å². The number of hydrogen-bond acceptors (Lipinski definition) is 5. The zero-order chi connectivity index (χ0) is 18.5. The number of ether oxygens (including phenoxy) is 2. The Morgan fingerprint density at radius 2 is 1.88 bits per heavy atom. The molecule has 0 saturated heterocycles. The summed E-state index contributed by atoms with van der Waals surface area (Å²) in [6.07, 6.45) is 0. The van der Waals surface area contributed by atoms with Crippen LogP contribution in [0.5, 0.6) is 11.5 Å². The topological polar surface area (TPSA) is 81.2 Å². The number of anilines is 1. The van der Waals surface area contributed by atoms with Crippen molar-refractivity contribution in [1.29, 1.82) is 0 Å². The van der Waals surface area contributed by atoms with Gasteiger partial charge in [-0.05, 0) is 48.6 Å². The van der Waals surface area contributed by atoms with Crippen LogP contribution in [0.3, 0.4) is 0 Å². The molecule has 1 amide bonds. The molecule has 3 aromatic rings. The Hall–Kier alpha value is -3.13. The van der Waals surface area contributed by atoms with Crippen molar-refractivity contribution in [3.05, 3.63) is 53.3 Å². The number of rotatable bonds is 6. The van der Waals surface area contributed by atoms with E-state index in [4.69, 9.17) is 21.7 Å². The van der Waals surface area contributed by atoms with Crippen LogP contribution in [0.15, 0.2) is 48.5 Å². The number of H-pyrrole nitrogens is 1. The predicted octanol–water partition coefficient (Wildman–Crippen LogP) is 3.26. The van der Waals surface area contributed by atoms with E-state index in [1.54, 1.807) is 37.0 Å². The van der Waals surface area contributed by atoms with Gasteiger partial charge in [-0.25, -0.2) is 0 Å². The molecular weight excluding hydrogens is 352 g/mol. The first kappa shape index (κ1) is 17.7. The maximum atomic E-state index is 12.4. The third kappa shape index (κ3) is 3.92. The van der Waals surface area contributed by atoms with Crippen LogP contribution < -0.4 is 14.8 Å². The van der Waals surface area contributed by atoms with E-state index < -0.39 is 0 Å². The maximum Gasteiger partial charge on any atom is 0.244 e. The summed E-state index contributed by atoms with van der Waals surface area (Å²) in [4.78, 5) is 12.4. The summed E-state index contributed by atoms with van der Waals surface area (Å²) in [5, 5.41) is 9.80. The summed E-state index contributed by atoms with van der Waals surface area (Å²) in [5.41, 5.74) is 1.47. The minimum Gasteiger partial charge on any atom is -0.497 e. The molecule has 0 aliphatic rings. The van der Waals surface area contributed by atoms with Gasteiger partial charge in [0.05, 0.1) is 14.2 Å². The molecule has 2 aromatic carbocycles. The Balaban J connectivity index is 1.80. The van der Waals surface area contributed by atoms with Crippen LogP contribution in [0.2, 0.25) is 0 Å². The summed E-state index contributed by atoms with van der Waals surface area (Å²) in [5.74, 6) is 1.77. The third-order valence-corrected chi connectivity index (χ3v) is 4.07. The van der Waals surface area contributed by atoms with E-state index in [-0.39, 0.29) is 12.5 Å². The fourth-order valence-electron chi connectivity index (χ4n) is 2.47. The smallest absolute Gasteiger partial charge is 0.244 e. The molecule has 0 spiro atoms. The van der Waals surface area contributed by atoms with Gasteiger partial charge in [-0.3, -0.25) is 14.5 Å². The highest BCUT2D eigenvalue weighted by Gasteiger charge is 2.13. The normalized spacial score (nSPS) is 10.4. The Labute approximate surface area is 155 Å². The van der Waals surface area contributed by atoms with Crippen molar-refractivity contribution >= 4 is 23.8 Å². The monoisotopic (exact) mass is 370 g/mol. The van der Waals surface area contributed by atoms with E-state index in [1.807, 2.05) is 30.3 Å². The van der Waals surface area contributed by atoms with Crippen molar-refractivity contribution in [1.82, 2.24) is 14.8 Å². The van der Waals surface area contributed by atoms with E-state index in [0.717, 1.165) is 11.3 Å². The molecule has 0 saturated carbocycles. The summed E-state index contributed by atoms with van der Waals surface area (Å²) in [6.45, 7) is 0.0356. The number of hydrogen-bond donors (Lipinski definition) is 2. The van der Waals surface area contributed by atoms with Crippen LogP contribution in [-0.2, 0) is 11.3 Å². The van der Waals surface area contributed by atoms with E-state index >= 15 is 0 Å². The van der Waals surface area contributed by atoms with Crippen LogP contribution >= 0.6 is 12.2 Å². The lowest BCUT2D eigenvalue weighted by Crippen LogP contribution is -2.19. The highest BCUT2D eigenvalue weighted by Crippen LogP contribution is 2.21. The molecule has 0 atom stereocenters. The quantitative estimate of drug-likeness (QED) is 0.651. The second-order valence-corrected chi connectivity index (χ2v) is 5.83. The highest BCUT2D eigenvalue weighted by molar-refractivity contribution is 7.71. The second-order valence-electron chi connectivity index (χ2n) is 5.45. The zero-order valence-corrected chi connectivity index (χ0v) is 15.2. The number of methoxy groups -OCH3 is 2. The number of carbonyl (C=O) groups excluding carboxylic acids is 1. The van der Waals surface area contributed by atoms with Gasteiger partial charge in [0.2, 0.25) is 5.91 Å². The molecule has 1 aromatic heterocycles. The largest absolute Gasteiger partial charge is 0.497 e. The summed E-state index contributed by atoms with van der Waals surface area (Å²) >= 11 is 5.26. The first-order valence-corrected chi connectivity index (χ1v) is 8.25. The number of amides is 1. The Morgan fingerprint density at radius 3 is 2.58 bits per heavy atom. The maximum absolute atomic E-state index is 12.4. The van der Waals surface area contributed by atoms with Gasteiger partial charge in [0.1, 0.15) is 18.0 Å². The van der Waals surface area contributed by atoms with Crippen LogP contribution in [-0.4, -0.2) is 34.9 Å². The fourth-order valence-corrected chi connectivity index (χ4v) is 2.67. The summed E-state index contributed by atoms with van der Waals surface area (Å²) in [6, 6.07) is 14.5. The summed E-state index contributed by atoms with van der Waals surface area (Å²) < 4.78 is 12.3. The molecule has 0 aliphatic heterocycles. The minimum absolute atomic E-state index is 0.0356. The lowest BCUT2D eigenvalue weighted by Gasteiger charge is -2.09.